The Morgan fingerprint density at radius 1 is 1.26 bits per heavy atom. The molecular weight excluding hydrogens is 236 g/mol. The predicted octanol–water partition coefficient (Wildman–Crippen LogP) is 2.63. The highest BCUT2D eigenvalue weighted by molar-refractivity contribution is 5.96. The molecule has 0 aliphatic heterocycles. The highest BCUT2D eigenvalue weighted by atomic mass is 15.1. The van der Waals surface area contributed by atoms with Crippen molar-refractivity contribution in [2.75, 3.05) is 13.6 Å². The third kappa shape index (κ3) is 2.15. The molecule has 0 amide bonds. The Hall–Kier alpha value is -2.07. The van der Waals surface area contributed by atoms with Gasteiger partial charge in [-0.25, -0.2) is 0 Å². The van der Waals surface area contributed by atoms with Gasteiger partial charge in [0.25, 0.3) is 0 Å². The monoisotopic (exact) mass is 254 g/mol. The number of hydrogen-bond acceptors (Lipinski definition) is 2. The van der Waals surface area contributed by atoms with Gasteiger partial charge in [-0.1, -0.05) is 18.2 Å². The maximum absolute atomic E-state index is 4.45. The summed E-state index contributed by atoms with van der Waals surface area (Å²) in [6, 6.07) is 10.5. The zero-order valence-electron chi connectivity index (χ0n) is 11.2. The molecule has 0 bridgehead atoms. The van der Waals surface area contributed by atoms with E-state index < -0.39 is 0 Å². The summed E-state index contributed by atoms with van der Waals surface area (Å²) in [4.78, 5) is 3.41. The molecule has 0 fully saturated rings. The van der Waals surface area contributed by atoms with Crippen molar-refractivity contribution in [3.8, 4) is 11.3 Å². The fourth-order valence-electron chi connectivity index (χ4n) is 2.48. The van der Waals surface area contributed by atoms with E-state index in [-0.39, 0.29) is 0 Å². The Morgan fingerprint density at radius 3 is 2.95 bits per heavy atom. The van der Waals surface area contributed by atoms with Crippen molar-refractivity contribution < 1.29 is 0 Å². The van der Waals surface area contributed by atoms with Crippen molar-refractivity contribution in [1.82, 2.24) is 20.5 Å². The van der Waals surface area contributed by atoms with Crippen LogP contribution in [-0.2, 0) is 6.42 Å². The molecule has 98 valence electrons. The largest absolute Gasteiger partial charge is 0.358 e. The number of aryl methyl sites for hydroxylation is 1. The van der Waals surface area contributed by atoms with Gasteiger partial charge in [0.15, 0.2) is 0 Å². The van der Waals surface area contributed by atoms with Crippen LogP contribution in [0, 0.1) is 6.92 Å². The van der Waals surface area contributed by atoms with Crippen molar-refractivity contribution in [2.24, 2.45) is 0 Å². The quantitative estimate of drug-likeness (QED) is 0.670. The van der Waals surface area contributed by atoms with Crippen molar-refractivity contribution in [3.63, 3.8) is 0 Å². The molecule has 2 aromatic heterocycles. The van der Waals surface area contributed by atoms with E-state index in [4.69, 9.17) is 0 Å². The lowest BCUT2D eigenvalue weighted by Crippen LogP contribution is -2.10. The smallest absolute Gasteiger partial charge is 0.0947 e. The summed E-state index contributed by atoms with van der Waals surface area (Å²) in [5, 5.41) is 11.9. The number of fused-ring (bicyclic) bond motifs is 1. The van der Waals surface area contributed by atoms with Crippen LogP contribution in [0.15, 0.2) is 30.3 Å². The van der Waals surface area contributed by atoms with Gasteiger partial charge < -0.3 is 10.3 Å². The summed E-state index contributed by atoms with van der Waals surface area (Å²) in [7, 11) is 1.96. The van der Waals surface area contributed by atoms with Crippen LogP contribution in [0.2, 0.25) is 0 Å². The minimum atomic E-state index is 0.953. The fourth-order valence-corrected chi connectivity index (χ4v) is 2.48. The summed E-state index contributed by atoms with van der Waals surface area (Å²) in [6.45, 7) is 3.05. The second-order valence-electron chi connectivity index (χ2n) is 4.80. The van der Waals surface area contributed by atoms with Gasteiger partial charge in [0.05, 0.1) is 5.69 Å². The second kappa shape index (κ2) is 4.90. The second-order valence-corrected chi connectivity index (χ2v) is 4.80. The fraction of sp³-hybridized carbons (Fsp3) is 0.267. The molecule has 0 radical (unpaired) electrons. The number of hydrogen-bond donors (Lipinski definition) is 3. The molecule has 0 saturated carbocycles. The van der Waals surface area contributed by atoms with E-state index in [0.717, 1.165) is 35.6 Å². The Kier molecular flexibility index (Phi) is 3.09. The Bertz CT molecular complexity index is 693. The molecule has 19 heavy (non-hydrogen) atoms. The van der Waals surface area contributed by atoms with Gasteiger partial charge >= 0.3 is 0 Å². The van der Waals surface area contributed by atoms with E-state index in [0.29, 0.717) is 0 Å². The van der Waals surface area contributed by atoms with Crippen LogP contribution in [0.4, 0.5) is 0 Å². The topological polar surface area (TPSA) is 56.5 Å². The van der Waals surface area contributed by atoms with Crippen molar-refractivity contribution >= 4 is 10.9 Å². The molecule has 0 spiro atoms. The van der Waals surface area contributed by atoms with Crippen LogP contribution in [0.25, 0.3) is 22.2 Å². The Labute approximate surface area is 112 Å². The maximum atomic E-state index is 4.45. The number of nitrogens with one attached hydrogen (secondary N) is 3. The molecule has 3 aromatic rings. The highest BCUT2D eigenvalue weighted by Crippen LogP contribution is 2.30. The molecule has 0 atom stereocenters. The van der Waals surface area contributed by atoms with E-state index in [2.05, 4.69) is 51.7 Å². The third-order valence-corrected chi connectivity index (χ3v) is 3.42. The lowest BCUT2D eigenvalue weighted by atomic mass is 10.1. The van der Waals surface area contributed by atoms with Crippen LogP contribution in [0.1, 0.15) is 11.4 Å². The minimum absolute atomic E-state index is 0.953. The molecule has 0 aliphatic carbocycles. The van der Waals surface area contributed by atoms with Gasteiger partial charge in [-0.2, -0.15) is 5.10 Å². The average molecular weight is 254 g/mol. The van der Waals surface area contributed by atoms with E-state index in [9.17, 15) is 0 Å². The first-order valence-electron chi connectivity index (χ1n) is 6.56. The molecule has 3 rings (SSSR count). The number of aromatic nitrogens is 3. The van der Waals surface area contributed by atoms with E-state index in [1.54, 1.807) is 0 Å². The van der Waals surface area contributed by atoms with Crippen LogP contribution in [0.3, 0.4) is 0 Å². The summed E-state index contributed by atoms with van der Waals surface area (Å²) in [5.74, 6) is 0. The molecule has 0 unspecified atom stereocenters. The first kappa shape index (κ1) is 12.0. The van der Waals surface area contributed by atoms with Crippen molar-refractivity contribution in [3.05, 3.63) is 41.7 Å². The summed E-state index contributed by atoms with van der Waals surface area (Å²) in [6.07, 6.45) is 0.963. The molecule has 2 heterocycles. The molecule has 0 saturated heterocycles. The number of benzene rings is 1. The van der Waals surface area contributed by atoms with E-state index in [1.807, 2.05) is 13.1 Å². The SMILES string of the molecule is CNCCc1cc(-c2c(C)[nH]c3ccccc23)n[nH]1. The maximum Gasteiger partial charge on any atom is 0.0947 e. The number of para-hydroxylation sites is 1. The summed E-state index contributed by atoms with van der Waals surface area (Å²) in [5.41, 5.74) is 5.69. The number of rotatable bonds is 4. The lowest BCUT2D eigenvalue weighted by Gasteiger charge is -1.96. The molecule has 4 nitrogen and oxygen atoms in total. The number of likely N-dealkylation sites (N-methyl/N-ethyl adjacent to an activating group) is 1. The molecule has 4 heteroatoms. The summed E-state index contributed by atoms with van der Waals surface area (Å²) >= 11 is 0. The zero-order valence-corrected chi connectivity index (χ0v) is 11.2. The average Bonchev–Trinajstić information content (AvgIpc) is 2.99. The van der Waals surface area contributed by atoms with Crippen LogP contribution in [0.5, 0.6) is 0 Å². The molecule has 1 aromatic carbocycles. The van der Waals surface area contributed by atoms with E-state index in [1.165, 1.54) is 10.9 Å². The Balaban J connectivity index is 2.04. The van der Waals surface area contributed by atoms with E-state index >= 15 is 0 Å². The van der Waals surface area contributed by atoms with Gasteiger partial charge in [-0.05, 0) is 26.1 Å². The van der Waals surface area contributed by atoms with Crippen LogP contribution < -0.4 is 5.32 Å². The first-order valence-corrected chi connectivity index (χ1v) is 6.56. The minimum Gasteiger partial charge on any atom is -0.358 e. The van der Waals surface area contributed by atoms with Crippen LogP contribution >= 0.6 is 0 Å². The van der Waals surface area contributed by atoms with Gasteiger partial charge in [-0.15, -0.1) is 0 Å². The molecule has 3 N–H and O–H groups in total. The number of H-pyrrole nitrogens is 2. The molecular formula is C15H18N4. The third-order valence-electron chi connectivity index (χ3n) is 3.42. The van der Waals surface area contributed by atoms with Crippen molar-refractivity contribution in [1.29, 1.82) is 0 Å². The standard InChI is InChI=1S/C15H18N4/c1-10-15(12-5-3-4-6-13(12)17-10)14-9-11(18-19-14)7-8-16-2/h3-6,9,16-17H,7-8H2,1-2H3,(H,18,19). The predicted molar refractivity (Wildman–Crippen MR) is 78.2 cm³/mol. The van der Waals surface area contributed by atoms with Gasteiger partial charge in [0.2, 0.25) is 0 Å². The van der Waals surface area contributed by atoms with Crippen LogP contribution in [-0.4, -0.2) is 28.8 Å². The van der Waals surface area contributed by atoms with Gasteiger partial charge in [0, 0.05) is 40.8 Å². The highest BCUT2D eigenvalue weighted by Gasteiger charge is 2.12. The molecule has 0 aliphatic rings. The van der Waals surface area contributed by atoms with Crippen molar-refractivity contribution in [2.45, 2.75) is 13.3 Å². The van der Waals surface area contributed by atoms with Gasteiger partial charge in [0.1, 0.15) is 0 Å². The zero-order chi connectivity index (χ0) is 13.2. The Morgan fingerprint density at radius 2 is 2.11 bits per heavy atom. The van der Waals surface area contributed by atoms with Gasteiger partial charge in [-0.3, -0.25) is 5.10 Å². The normalized spacial score (nSPS) is 11.3. The summed E-state index contributed by atoms with van der Waals surface area (Å²) < 4.78 is 0. The first-order chi connectivity index (χ1) is 9.29. The number of nitrogens with zero attached hydrogens (tertiary/aromatic N) is 1. The number of aromatic amines is 2. The lowest BCUT2D eigenvalue weighted by molar-refractivity contribution is 0.772.